The Morgan fingerprint density at radius 1 is 0.933 bits per heavy atom. The summed E-state index contributed by atoms with van der Waals surface area (Å²) in [5.41, 5.74) is 1.42. The monoisotopic (exact) mass is 198 g/mol. The fraction of sp³-hybridized carbons (Fsp3) is 0. The van der Waals surface area contributed by atoms with Gasteiger partial charge in [0.15, 0.2) is 17.3 Å². The predicted octanol–water partition coefficient (Wildman–Crippen LogP) is 0.810. The van der Waals surface area contributed by atoms with Crippen molar-refractivity contribution in [1.29, 1.82) is 0 Å². The molecule has 0 amide bonds. The lowest BCUT2D eigenvalue weighted by Gasteiger charge is -1.95. The summed E-state index contributed by atoms with van der Waals surface area (Å²) in [6.07, 6.45) is 6.55. The maximum Gasteiger partial charge on any atom is 0.199 e. The van der Waals surface area contributed by atoms with Crippen LogP contribution in [0.1, 0.15) is 0 Å². The number of hydrogen-bond acceptors (Lipinski definition) is 5. The Morgan fingerprint density at radius 3 is 2.67 bits per heavy atom. The molecule has 3 rings (SSSR count). The number of hydrogen-bond donors (Lipinski definition) is 1. The van der Waals surface area contributed by atoms with Crippen molar-refractivity contribution in [3.63, 3.8) is 0 Å². The molecule has 0 bridgehead atoms. The topological polar surface area (TPSA) is 80.2 Å². The number of rotatable bonds is 1. The first kappa shape index (κ1) is 7.98. The zero-order valence-electron chi connectivity index (χ0n) is 7.62. The van der Waals surface area contributed by atoms with E-state index in [0.717, 1.165) is 5.52 Å². The third kappa shape index (κ3) is 1.32. The van der Waals surface area contributed by atoms with Crippen LogP contribution in [0.2, 0.25) is 0 Å². The molecule has 0 radical (unpaired) electrons. The summed E-state index contributed by atoms with van der Waals surface area (Å²) in [5.74, 6) is 0.984. The van der Waals surface area contributed by atoms with Crippen LogP contribution >= 0.6 is 0 Å². The average Bonchev–Trinajstić information content (AvgIpc) is 2.77. The van der Waals surface area contributed by atoms with E-state index in [0.29, 0.717) is 17.3 Å². The first-order chi connectivity index (χ1) is 7.43. The summed E-state index contributed by atoms with van der Waals surface area (Å²) in [5, 5.41) is 0. The van der Waals surface area contributed by atoms with Gasteiger partial charge in [-0.25, -0.2) is 24.9 Å². The SMILES string of the molecule is c1cnc(-c2ncc3[nH]cnc3n2)nc1. The number of fused-ring (bicyclic) bond motifs is 1. The molecular formula is C9H6N6. The molecule has 0 unspecified atom stereocenters. The Morgan fingerprint density at radius 2 is 1.80 bits per heavy atom. The first-order valence-electron chi connectivity index (χ1n) is 4.37. The van der Waals surface area contributed by atoms with Gasteiger partial charge in [-0.3, -0.25) is 0 Å². The van der Waals surface area contributed by atoms with Crippen LogP contribution in [0, 0.1) is 0 Å². The molecule has 0 aliphatic carbocycles. The van der Waals surface area contributed by atoms with Gasteiger partial charge in [-0.2, -0.15) is 0 Å². The Balaban J connectivity index is 2.19. The molecule has 15 heavy (non-hydrogen) atoms. The zero-order valence-corrected chi connectivity index (χ0v) is 7.62. The number of nitrogens with one attached hydrogen (secondary N) is 1. The highest BCUT2D eigenvalue weighted by molar-refractivity contribution is 5.70. The fourth-order valence-electron chi connectivity index (χ4n) is 1.26. The highest BCUT2D eigenvalue weighted by Gasteiger charge is 2.05. The maximum absolute atomic E-state index is 4.23. The van der Waals surface area contributed by atoms with Crippen LogP contribution in [-0.2, 0) is 0 Å². The smallest absolute Gasteiger partial charge is 0.199 e. The molecule has 6 nitrogen and oxygen atoms in total. The Bertz CT molecular complexity index is 588. The molecule has 0 atom stereocenters. The molecule has 72 valence electrons. The molecule has 6 heteroatoms. The second-order valence-corrected chi connectivity index (χ2v) is 2.91. The van der Waals surface area contributed by atoms with Crippen molar-refractivity contribution in [2.45, 2.75) is 0 Å². The molecular weight excluding hydrogens is 192 g/mol. The van der Waals surface area contributed by atoms with Crippen LogP contribution in [0.3, 0.4) is 0 Å². The van der Waals surface area contributed by atoms with Crippen LogP contribution in [-0.4, -0.2) is 29.9 Å². The number of imidazole rings is 1. The molecule has 0 saturated carbocycles. The maximum atomic E-state index is 4.23. The molecule has 0 fully saturated rings. The summed E-state index contributed by atoms with van der Waals surface area (Å²) < 4.78 is 0. The minimum Gasteiger partial charge on any atom is -0.342 e. The minimum absolute atomic E-state index is 0.482. The molecule has 0 aliphatic heterocycles. The third-order valence-corrected chi connectivity index (χ3v) is 1.94. The van der Waals surface area contributed by atoms with Gasteiger partial charge in [-0.05, 0) is 6.07 Å². The second-order valence-electron chi connectivity index (χ2n) is 2.91. The van der Waals surface area contributed by atoms with Crippen molar-refractivity contribution in [2.75, 3.05) is 0 Å². The van der Waals surface area contributed by atoms with E-state index in [9.17, 15) is 0 Å². The summed E-state index contributed by atoms with van der Waals surface area (Å²) in [4.78, 5) is 23.5. The minimum atomic E-state index is 0.482. The van der Waals surface area contributed by atoms with E-state index in [2.05, 4.69) is 29.9 Å². The van der Waals surface area contributed by atoms with Crippen molar-refractivity contribution >= 4 is 11.2 Å². The first-order valence-corrected chi connectivity index (χ1v) is 4.37. The molecule has 0 saturated heterocycles. The van der Waals surface area contributed by atoms with Crippen molar-refractivity contribution < 1.29 is 0 Å². The van der Waals surface area contributed by atoms with Gasteiger partial charge in [0.25, 0.3) is 0 Å². The summed E-state index contributed by atoms with van der Waals surface area (Å²) in [6.45, 7) is 0. The lowest BCUT2D eigenvalue weighted by atomic mass is 10.5. The molecule has 3 aromatic rings. The van der Waals surface area contributed by atoms with Crippen molar-refractivity contribution in [3.05, 3.63) is 31.0 Å². The largest absolute Gasteiger partial charge is 0.342 e. The number of aromatic nitrogens is 6. The highest BCUT2D eigenvalue weighted by Crippen LogP contribution is 2.10. The number of nitrogens with zero attached hydrogens (tertiary/aromatic N) is 5. The van der Waals surface area contributed by atoms with Crippen LogP contribution in [0.4, 0.5) is 0 Å². The van der Waals surface area contributed by atoms with Gasteiger partial charge in [0.2, 0.25) is 0 Å². The number of aromatic amines is 1. The van der Waals surface area contributed by atoms with Crippen LogP contribution < -0.4 is 0 Å². The van der Waals surface area contributed by atoms with Crippen molar-refractivity contribution in [3.8, 4) is 11.6 Å². The van der Waals surface area contributed by atoms with E-state index >= 15 is 0 Å². The van der Waals surface area contributed by atoms with E-state index in [4.69, 9.17) is 0 Å². The average molecular weight is 198 g/mol. The Kier molecular flexibility index (Phi) is 1.64. The predicted molar refractivity (Wildman–Crippen MR) is 52.7 cm³/mol. The number of H-pyrrole nitrogens is 1. The van der Waals surface area contributed by atoms with Gasteiger partial charge in [-0.1, -0.05) is 0 Å². The van der Waals surface area contributed by atoms with Gasteiger partial charge in [0.05, 0.1) is 12.5 Å². The molecule has 3 aromatic heterocycles. The Hall–Kier alpha value is -2.37. The van der Waals surface area contributed by atoms with Crippen LogP contribution in [0.15, 0.2) is 31.0 Å². The normalized spacial score (nSPS) is 10.7. The third-order valence-electron chi connectivity index (χ3n) is 1.94. The lowest BCUT2D eigenvalue weighted by molar-refractivity contribution is 1.09. The Labute approximate surface area is 84.5 Å². The van der Waals surface area contributed by atoms with Gasteiger partial charge in [0, 0.05) is 12.4 Å². The van der Waals surface area contributed by atoms with E-state index in [-0.39, 0.29) is 0 Å². The van der Waals surface area contributed by atoms with Crippen LogP contribution in [0.5, 0.6) is 0 Å². The summed E-state index contributed by atoms with van der Waals surface area (Å²) in [7, 11) is 0. The molecule has 0 aromatic carbocycles. The quantitative estimate of drug-likeness (QED) is 0.625. The van der Waals surface area contributed by atoms with Gasteiger partial charge in [-0.15, -0.1) is 0 Å². The summed E-state index contributed by atoms with van der Waals surface area (Å²) >= 11 is 0. The zero-order chi connectivity index (χ0) is 10.1. The highest BCUT2D eigenvalue weighted by atomic mass is 15.0. The van der Waals surface area contributed by atoms with Gasteiger partial charge in [0.1, 0.15) is 5.52 Å². The van der Waals surface area contributed by atoms with E-state index in [1.54, 1.807) is 31.0 Å². The molecule has 1 N–H and O–H groups in total. The standard InChI is InChI=1S/C9H6N6/c1-2-10-8(11-3-1)9-12-4-6-7(15-9)14-5-13-6/h1-5H,(H,12,13,14,15). The molecule has 3 heterocycles. The lowest BCUT2D eigenvalue weighted by Crippen LogP contribution is -1.93. The van der Waals surface area contributed by atoms with E-state index < -0.39 is 0 Å². The van der Waals surface area contributed by atoms with Crippen molar-refractivity contribution in [1.82, 2.24) is 29.9 Å². The molecule has 0 aliphatic rings. The molecule has 0 spiro atoms. The van der Waals surface area contributed by atoms with E-state index in [1.807, 2.05) is 0 Å². The van der Waals surface area contributed by atoms with E-state index in [1.165, 1.54) is 0 Å². The van der Waals surface area contributed by atoms with Gasteiger partial charge < -0.3 is 4.98 Å². The fourth-order valence-corrected chi connectivity index (χ4v) is 1.26. The van der Waals surface area contributed by atoms with Crippen LogP contribution in [0.25, 0.3) is 22.8 Å². The van der Waals surface area contributed by atoms with Crippen molar-refractivity contribution in [2.24, 2.45) is 0 Å². The van der Waals surface area contributed by atoms with Gasteiger partial charge >= 0.3 is 0 Å². The second kappa shape index (κ2) is 3.09. The summed E-state index contributed by atoms with van der Waals surface area (Å²) in [6, 6.07) is 1.75.